The smallest absolute Gasteiger partial charge is 0.279 e. The Hall–Kier alpha value is -3.39. The monoisotopic (exact) mass is 383 g/mol. The van der Waals surface area contributed by atoms with Gasteiger partial charge in [-0.2, -0.15) is 0 Å². The fraction of sp³-hybridized carbons (Fsp3) is 0.250. The van der Waals surface area contributed by atoms with Gasteiger partial charge in [0.2, 0.25) is 0 Å². The molecule has 3 amide bonds. The number of carbonyl (C=O) groups excluding carboxylic acids is 3. The van der Waals surface area contributed by atoms with Crippen LogP contribution in [0.2, 0.25) is 0 Å². The summed E-state index contributed by atoms with van der Waals surface area (Å²) in [4.78, 5) is 36.9. The zero-order valence-electron chi connectivity index (χ0n) is 15.6. The number of ether oxygens (including phenoxy) is 1. The minimum atomic E-state index is -0.272. The molecule has 8 nitrogen and oxygen atoms in total. The average Bonchev–Trinajstić information content (AvgIpc) is 2.69. The fourth-order valence-corrected chi connectivity index (χ4v) is 2.99. The van der Waals surface area contributed by atoms with Gasteiger partial charge in [0, 0.05) is 11.3 Å². The normalized spacial score (nSPS) is 16.0. The second-order valence-corrected chi connectivity index (χ2v) is 6.48. The van der Waals surface area contributed by atoms with E-state index in [1.807, 2.05) is 12.1 Å². The second-order valence-electron chi connectivity index (χ2n) is 6.48. The second kappa shape index (κ2) is 9.01. The largest absolute Gasteiger partial charge is 0.495 e. The van der Waals surface area contributed by atoms with Crippen LogP contribution in [0.15, 0.2) is 48.5 Å². The third-order valence-electron chi connectivity index (χ3n) is 4.41. The van der Waals surface area contributed by atoms with Crippen LogP contribution in [0, 0.1) is 0 Å². The highest BCUT2D eigenvalue weighted by Gasteiger charge is 2.22. The van der Waals surface area contributed by atoms with Crippen LogP contribution in [0.25, 0.3) is 0 Å². The molecule has 1 atom stereocenters. The van der Waals surface area contributed by atoms with Crippen LogP contribution < -0.4 is 25.6 Å². The summed E-state index contributed by atoms with van der Waals surface area (Å²) in [5, 5.41) is 8.34. The van der Waals surface area contributed by atoms with Gasteiger partial charge in [-0.25, -0.2) is 0 Å². The van der Waals surface area contributed by atoms with Gasteiger partial charge in [-0.1, -0.05) is 12.1 Å². The number of quaternary nitrogens is 1. The maximum atomic E-state index is 12.4. The first-order chi connectivity index (χ1) is 13.5. The third-order valence-corrected chi connectivity index (χ3v) is 4.41. The number of amides is 3. The zero-order chi connectivity index (χ0) is 19.9. The van der Waals surface area contributed by atoms with Gasteiger partial charge >= 0.3 is 0 Å². The van der Waals surface area contributed by atoms with Crippen molar-refractivity contribution in [3.05, 3.63) is 54.1 Å². The van der Waals surface area contributed by atoms with Crippen LogP contribution in [-0.2, 0) is 9.59 Å². The number of nitrogens with one attached hydrogen (secondary N) is 4. The number of hydrogen-bond donors (Lipinski definition) is 4. The fourth-order valence-electron chi connectivity index (χ4n) is 2.99. The van der Waals surface area contributed by atoms with Gasteiger partial charge in [0.05, 0.1) is 25.9 Å². The van der Waals surface area contributed by atoms with E-state index in [-0.39, 0.29) is 24.3 Å². The van der Waals surface area contributed by atoms with E-state index in [1.54, 1.807) is 43.5 Å². The standard InChI is InChI=1S/C20H22N4O4/c1-28-17-5-3-2-4-16(17)23-20(27)14-6-8-15(9-7-14)22-19(26)13-24-11-10-21-18(25)12-24/h2-9H,10-13H2,1H3,(H,21,25)(H,22,26)(H,23,27)/p+1. The number of benzene rings is 2. The number of rotatable bonds is 6. The number of piperazine rings is 1. The van der Waals surface area contributed by atoms with Gasteiger partial charge in [0.25, 0.3) is 17.7 Å². The molecule has 146 valence electrons. The molecule has 1 saturated heterocycles. The summed E-state index contributed by atoms with van der Waals surface area (Å²) >= 11 is 0. The van der Waals surface area contributed by atoms with E-state index in [0.29, 0.717) is 35.8 Å². The lowest BCUT2D eigenvalue weighted by atomic mass is 10.2. The van der Waals surface area contributed by atoms with Crippen molar-refractivity contribution in [2.24, 2.45) is 0 Å². The molecule has 0 bridgehead atoms. The van der Waals surface area contributed by atoms with Gasteiger partial charge in [0.1, 0.15) is 5.75 Å². The van der Waals surface area contributed by atoms with Crippen molar-refractivity contribution in [1.82, 2.24) is 5.32 Å². The van der Waals surface area contributed by atoms with E-state index in [0.717, 1.165) is 11.4 Å². The number of hydrogen-bond acceptors (Lipinski definition) is 4. The summed E-state index contributed by atoms with van der Waals surface area (Å²) in [5.41, 5.74) is 1.64. The predicted octanol–water partition coefficient (Wildman–Crippen LogP) is -0.0993. The summed E-state index contributed by atoms with van der Waals surface area (Å²) in [6, 6.07) is 13.8. The average molecular weight is 383 g/mol. The highest BCUT2D eigenvalue weighted by atomic mass is 16.5. The summed E-state index contributed by atoms with van der Waals surface area (Å²) in [5.74, 6) is 0.0927. The highest BCUT2D eigenvalue weighted by molar-refractivity contribution is 6.05. The molecule has 2 aromatic rings. The van der Waals surface area contributed by atoms with Crippen molar-refractivity contribution in [2.45, 2.75) is 0 Å². The van der Waals surface area contributed by atoms with E-state index in [2.05, 4.69) is 16.0 Å². The molecule has 0 radical (unpaired) electrons. The van der Waals surface area contributed by atoms with Crippen LogP contribution in [0.1, 0.15) is 10.4 Å². The molecular weight excluding hydrogens is 360 g/mol. The Morgan fingerprint density at radius 3 is 2.57 bits per heavy atom. The predicted molar refractivity (Wildman–Crippen MR) is 105 cm³/mol. The highest BCUT2D eigenvalue weighted by Crippen LogP contribution is 2.23. The van der Waals surface area contributed by atoms with Crippen LogP contribution in [-0.4, -0.2) is 51.0 Å². The van der Waals surface area contributed by atoms with Gasteiger partial charge in [0.15, 0.2) is 13.1 Å². The SMILES string of the molecule is COc1ccccc1NC(=O)c1ccc(NC(=O)C[NH+]2CCNC(=O)C2)cc1. The number of methoxy groups -OCH3 is 1. The number of carbonyl (C=O) groups is 3. The molecule has 1 aliphatic heterocycles. The maximum absolute atomic E-state index is 12.4. The molecule has 0 spiro atoms. The van der Waals surface area contributed by atoms with Crippen LogP contribution in [0.4, 0.5) is 11.4 Å². The molecule has 0 aliphatic carbocycles. The van der Waals surface area contributed by atoms with Gasteiger partial charge < -0.3 is 25.6 Å². The molecule has 28 heavy (non-hydrogen) atoms. The molecule has 0 saturated carbocycles. The van der Waals surface area contributed by atoms with E-state index in [1.165, 1.54) is 0 Å². The summed E-state index contributed by atoms with van der Waals surface area (Å²) in [7, 11) is 1.54. The molecule has 1 aliphatic rings. The Kier molecular flexibility index (Phi) is 6.23. The van der Waals surface area contributed by atoms with Crippen molar-refractivity contribution in [3.8, 4) is 5.75 Å². The molecular formula is C20H23N4O4+. The third kappa shape index (κ3) is 5.08. The lowest BCUT2D eigenvalue weighted by molar-refractivity contribution is -0.885. The van der Waals surface area contributed by atoms with Crippen molar-refractivity contribution in [1.29, 1.82) is 0 Å². The Morgan fingerprint density at radius 1 is 1.11 bits per heavy atom. The topological polar surface area (TPSA) is 101 Å². The van der Waals surface area contributed by atoms with E-state index >= 15 is 0 Å². The van der Waals surface area contributed by atoms with Crippen molar-refractivity contribution in [2.75, 3.05) is 43.9 Å². The number of anilines is 2. The van der Waals surface area contributed by atoms with Crippen LogP contribution in [0.3, 0.4) is 0 Å². The molecule has 2 aromatic carbocycles. The van der Waals surface area contributed by atoms with Gasteiger partial charge in [-0.05, 0) is 36.4 Å². The summed E-state index contributed by atoms with van der Waals surface area (Å²) in [6.07, 6.45) is 0. The first-order valence-electron chi connectivity index (χ1n) is 8.99. The van der Waals surface area contributed by atoms with E-state index < -0.39 is 0 Å². The van der Waals surface area contributed by atoms with Crippen molar-refractivity contribution >= 4 is 29.1 Å². The van der Waals surface area contributed by atoms with Gasteiger partial charge in [-0.15, -0.1) is 0 Å². The lowest BCUT2D eigenvalue weighted by Gasteiger charge is -2.22. The molecule has 1 heterocycles. The molecule has 8 heteroatoms. The quantitative estimate of drug-likeness (QED) is 0.560. The van der Waals surface area contributed by atoms with E-state index in [4.69, 9.17) is 4.74 Å². The maximum Gasteiger partial charge on any atom is 0.279 e. The van der Waals surface area contributed by atoms with Crippen molar-refractivity contribution < 1.29 is 24.0 Å². The Bertz CT molecular complexity index is 867. The van der Waals surface area contributed by atoms with E-state index in [9.17, 15) is 14.4 Å². The minimum Gasteiger partial charge on any atom is -0.495 e. The zero-order valence-corrected chi connectivity index (χ0v) is 15.6. The summed E-state index contributed by atoms with van der Waals surface area (Å²) < 4.78 is 5.22. The van der Waals surface area contributed by atoms with Gasteiger partial charge in [-0.3, -0.25) is 14.4 Å². The molecule has 1 fully saturated rings. The first kappa shape index (κ1) is 19.4. The molecule has 4 N–H and O–H groups in total. The molecule has 1 unspecified atom stereocenters. The first-order valence-corrected chi connectivity index (χ1v) is 8.99. The minimum absolute atomic E-state index is 0.0422. The number of para-hydroxylation sites is 2. The van der Waals surface area contributed by atoms with Crippen LogP contribution >= 0.6 is 0 Å². The lowest BCUT2D eigenvalue weighted by Crippen LogP contribution is -3.16. The Balaban J connectivity index is 1.56. The van der Waals surface area contributed by atoms with Crippen molar-refractivity contribution in [3.63, 3.8) is 0 Å². The molecule has 3 rings (SSSR count). The Labute approximate surface area is 162 Å². The summed E-state index contributed by atoms with van der Waals surface area (Å²) in [6.45, 7) is 1.83. The van der Waals surface area contributed by atoms with Crippen LogP contribution in [0.5, 0.6) is 5.75 Å². The molecule has 0 aromatic heterocycles. The Morgan fingerprint density at radius 2 is 1.86 bits per heavy atom.